The molecule has 2 heterocycles. The van der Waals surface area contributed by atoms with E-state index in [9.17, 15) is 0 Å². The van der Waals surface area contributed by atoms with Crippen molar-refractivity contribution in [1.29, 1.82) is 0 Å². The normalized spacial score (nSPS) is 10.9. The van der Waals surface area contributed by atoms with Gasteiger partial charge in [0.05, 0.1) is 5.69 Å². The molecule has 102 valence electrons. The van der Waals surface area contributed by atoms with Crippen molar-refractivity contribution in [1.82, 2.24) is 4.98 Å². The Morgan fingerprint density at radius 2 is 2.05 bits per heavy atom. The van der Waals surface area contributed by atoms with Gasteiger partial charge < -0.3 is 14.9 Å². The topological polar surface area (TPSA) is 61.3 Å². The van der Waals surface area contributed by atoms with E-state index in [1.165, 1.54) is 0 Å². The van der Waals surface area contributed by atoms with Crippen molar-refractivity contribution in [3.63, 3.8) is 0 Å². The standard InChI is InChI=1S/C16H16N2O2/c1-11-14(7-4-8-18-11)19-10-16-13(9-17)12-5-2-3-6-15(12)20-16/h2-8H,9-10,17H2,1H3. The van der Waals surface area contributed by atoms with E-state index in [4.69, 9.17) is 14.9 Å². The summed E-state index contributed by atoms with van der Waals surface area (Å²) in [6.07, 6.45) is 1.74. The summed E-state index contributed by atoms with van der Waals surface area (Å²) in [4.78, 5) is 4.20. The first-order valence-corrected chi connectivity index (χ1v) is 6.53. The third kappa shape index (κ3) is 2.26. The fraction of sp³-hybridized carbons (Fsp3) is 0.188. The van der Waals surface area contributed by atoms with E-state index in [1.807, 2.05) is 43.3 Å². The number of hydrogen-bond donors (Lipinski definition) is 1. The molecular weight excluding hydrogens is 252 g/mol. The Kier molecular flexibility index (Phi) is 3.39. The highest BCUT2D eigenvalue weighted by atomic mass is 16.5. The Morgan fingerprint density at radius 3 is 2.85 bits per heavy atom. The average molecular weight is 268 g/mol. The minimum absolute atomic E-state index is 0.355. The van der Waals surface area contributed by atoms with Gasteiger partial charge in [0.15, 0.2) is 0 Å². The quantitative estimate of drug-likeness (QED) is 0.789. The zero-order valence-corrected chi connectivity index (χ0v) is 11.3. The lowest BCUT2D eigenvalue weighted by Crippen LogP contribution is -2.03. The van der Waals surface area contributed by atoms with Crippen LogP contribution in [0, 0.1) is 6.92 Å². The molecule has 2 N–H and O–H groups in total. The molecule has 3 aromatic rings. The van der Waals surface area contributed by atoms with Gasteiger partial charge in [-0.15, -0.1) is 0 Å². The molecule has 4 heteroatoms. The Labute approximate surface area is 117 Å². The van der Waals surface area contributed by atoms with E-state index in [0.29, 0.717) is 13.2 Å². The number of rotatable bonds is 4. The Hall–Kier alpha value is -2.33. The van der Waals surface area contributed by atoms with Crippen LogP contribution in [-0.4, -0.2) is 4.98 Å². The van der Waals surface area contributed by atoms with Gasteiger partial charge in [-0.1, -0.05) is 18.2 Å². The number of benzene rings is 1. The summed E-state index contributed by atoms with van der Waals surface area (Å²) < 4.78 is 11.6. The van der Waals surface area contributed by atoms with Crippen LogP contribution in [0.1, 0.15) is 17.0 Å². The van der Waals surface area contributed by atoms with Gasteiger partial charge in [0.2, 0.25) is 0 Å². The van der Waals surface area contributed by atoms with E-state index in [1.54, 1.807) is 6.20 Å². The molecule has 0 aliphatic heterocycles. The molecule has 0 saturated carbocycles. The molecule has 0 fully saturated rings. The maximum absolute atomic E-state index is 5.83. The van der Waals surface area contributed by atoms with Crippen molar-refractivity contribution in [3.05, 3.63) is 59.6 Å². The minimum atomic E-state index is 0.355. The van der Waals surface area contributed by atoms with Crippen LogP contribution in [-0.2, 0) is 13.2 Å². The molecular formula is C16H16N2O2. The van der Waals surface area contributed by atoms with Gasteiger partial charge in [-0.05, 0) is 25.1 Å². The lowest BCUT2D eigenvalue weighted by molar-refractivity contribution is 0.270. The van der Waals surface area contributed by atoms with Crippen molar-refractivity contribution in [3.8, 4) is 5.75 Å². The average Bonchev–Trinajstić information content (AvgIpc) is 2.84. The second kappa shape index (κ2) is 5.35. The highest BCUT2D eigenvalue weighted by Gasteiger charge is 2.13. The molecule has 0 bridgehead atoms. The number of hydrogen-bond acceptors (Lipinski definition) is 4. The summed E-state index contributed by atoms with van der Waals surface area (Å²) in [5.41, 5.74) is 8.54. The molecule has 2 aromatic heterocycles. The van der Waals surface area contributed by atoms with Crippen molar-refractivity contribution in [2.45, 2.75) is 20.1 Å². The molecule has 0 aliphatic carbocycles. The molecule has 0 spiro atoms. The van der Waals surface area contributed by atoms with Crippen molar-refractivity contribution < 1.29 is 9.15 Å². The van der Waals surface area contributed by atoms with Gasteiger partial charge in [0.1, 0.15) is 23.7 Å². The number of furan rings is 1. The highest BCUT2D eigenvalue weighted by molar-refractivity contribution is 5.82. The van der Waals surface area contributed by atoms with Gasteiger partial charge >= 0.3 is 0 Å². The summed E-state index contributed by atoms with van der Waals surface area (Å²) in [7, 11) is 0. The molecule has 4 nitrogen and oxygen atoms in total. The summed E-state index contributed by atoms with van der Waals surface area (Å²) in [5, 5.41) is 1.05. The number of ether oxygens (including phenoxy) is 1. The Balaban J connectivity index is 1.89. The number of nitrogens with two attached hydrogens (primary N) is 1. The predicted molar refractivity (Wildman–Crippen MR) is 77.4 cm³/mol. The molecule has 0 unspecified atom stereocenters. The predicted octanol–water partition coefficient (Wildman–Crippen LogP) is 3.17. The summed E-state index contributed by atoms with van der Waals surface area (Å²) in [6.45, 7) is 2.70. The van der Waals surface area contributed by atoms with Gasteiger partial charge in [0.25, 0.3) is 0 Å². The lowest BCUT2D eigenvalue weighted by Gasteiger charge is -2.07. The van der Waals surface area contributed by atoms with Crippen LogP contribution in [0.5, 0.6) is 5.75 Å². The molecule has 20 heavy (non-hydrogen) atoms. The zero-order chi connectivity index (χ0) is 13.9. The Morgan fingerprint density at radius 1 is 1.20 bits per heavy atom. The third-order valence-corrected chi connectivity index (χ3v) is 3.30. The third-order valence-electron chi connectivity index (χ3n) is 3.30. The first kappa shape index (κ1) is 12.7. The van der Waals surface area contributed by atoms with Gasteiger partial charge in [-0.2, -0.15) is 0 Å². The number of nitrogens with zero attached hydrogens (tertiary/aromatic N) is 1. The van der Waals surface area contributed by atoms with Crippen LogP contribution in [0.4, 0.5) is 0 Å². The van der Waals surface area contributed by atoms with Crippen LogP contribution in [0.25, 0.3) is 11.0 Å². The first-order valence-electron chi connectivity index (χ1n) is 6.53. The SMILES string of the molecule is Cc1ncccc1OCc1oc2ccccc2c1CN. The smallest absolute Gasteiger partial charge is 0.147 e. The summed E-state index contributed by atoms with van der Waals surface area (Å²) in [5.74, 6) is 1.54. The zero-order valence-electron chi connectivity index (χ0n) is 11.3. The molecule has 3 rings (SSSR count). The Bertz CT molecular complexity index is 734. The number of pyridine rings is 1. The van der Waals surface area contributed by atoms with Gasteiger partial charge in [0, 0.05) is 23.7 Å². The summed E-state index contributed by atoms with van der Waals surface area (Å²) in [6, 6.07) is 11.6. The number of para-hydroxylation sites is 1. The van der Waals surface area contributed by atoms with Crippen molar-refractivity contribution >= 4 is 11.0 Å². The summed E-state index contributed by atoms with van der Waals surface area (Å²) >= 11 is 0. The molecule has 0 radical (unpaired) electrons. The molecule has 0 amide bonds. The van der Waals surface area contributed by atoms with Crippen molar-refractivity contribution in [2.24, 2.45) is 5.73 Å². The van der Waals surface area contributed by atoms with E-state index >= 15 is 0 Å². The van der Waals surface area contributed by atoms with Crippen LogP contribution in [0.2, 0.25) is 0 Å². The van der Waals surface area contributed by atoms with E-state index in [0.717, 1.165) is 33.7 Å². The van der Waals surface area contributed by atoms with Gasteiger partial charge in [-0.3, -0.25) is 4.98 Å². The van der Waals surface area contributed by atoms with Crippen LogP contribution < -0.4 is 10.5 Å². The monoisotopic (exact) mass is 268 g/mol. The number of aryl methyl sites for hydroxylation is 1. The molecule has 0 saturated heterocycles. The van der Waals surface area contributed by atoms with Gasteiger partial charge in [-0.25, -0.2) is 0 Å². The van der Waals surface area contributed by atoms with Crippen LogP contribution >= 0.6 is 0 Å². The lowest BCUT2D eigenvalue weighted by atomic mass is 10.1. The number of fused-ring (bicyclic) bond motifs is 1. The largest absolute Gasteiger partial charge is 0.484 e. The van der Waals surface area contributed by atoms with Crippen LogP contribution in [0.15, 0.2) is 47.0 Å². The van der Waals surface area contributed by atoms with E-state index < -0.39 is 0 Å². The highest BCUT2D eigenvalue weighted by Crippen LogP contribution is 2.26. The number of aromatic nitrogens is 1. The minimum Gasteiger partial charge on any atom is -0.484 e. The molecule has 0 atom stereocenters. The fourth-order valence-electron chi connectivity index (χ4n) is 2.26. The maximum Gasteiger partial charge on any atom is 0.147 e. The maximum atomic E-state index is 5.83. The van der Waals surface area contributed by atoms with Crippen molar-refractivity contribution in [2.75, 3.05) is 0 Å². The van der Waals surface area contributed by atoms with E-state index in [-0.39, 0.29) is 0 Å². The van der Waals surface area contributed by atoms with E-state index in [2.05, 4.69) is 4.98 Å². The second-order valence-electron chi connectivity index (χ2n) is 4.58. The first-order chi connectivity index (χ1) is 9.79. The fourth-order valence-corrected chi connectivity index (χ4v) is 2.26. The van der Waals surface area contributed by atoms with Crippen LogP contribution in [0.3, 0.4) is 0 Å². The second-order valence-corrected chi connectivity index (χ2v) is 4.58. The molecule has 1 aromatic carbocycles. The molecule has 0 aliphatic rings.